The van der Waals surface area contributed by atoms with E-state index in [1.54, 1.807) is 32.3 Å². The van der Waals surface area contributed by atoms with Crippen LogP contribution in [0.5, 0.6) is 0 Å². The predicted molar refractivity (Wildman–Crippen MR) is 120 cm³/mol. The Kier molecular flexibility index (Phi) is 6.79. The number of alkyl halides is 1. The van der Waals surface area contributed by atoms with Crippen LogP contribution in [0.4, 0.5) is 10.1 Å². The lowest BCUT2D eigenvalue weighted by molar-refractivity contribution is 0.0873. The van der Waals surface area contributed by atoms with Crippen LogP contribution in [0.3, 0.4) is 0 Å². The van der Waals surface area contributed by atoms with Gasteiger partial charge in [0.05, 0.1) is 47.1 Å². The molecule has 2 unspecified atom stereocenters. The van der Waals surface area contributed by atoms with Crippen molar-refractivity contribution in [2.24, 2.45) is 5.92 Å². The van der Waals surface area contributed by atoms with Crippen LogP contribution >= 0.6 is 0 Å². The summed E-state index contributed by atoms with van der Waals surface area (Å²) in [4.78, 5) is 21.7. The van der Waals surface area contributed by atoms with E-state index in [1.165, 1.54) is 16.9 Å². The Bertz CT molecular complexity index is 1180. The van der Waals surface area contributed by atoms with E-state index in [4.69, 9.17) is 10.00 Å². The van der Waals surface area contributed by atoms with Gasteiger partial charge >= 0.3 is 0 Å². The molecule has 4 heterocycles. The zero-order valence-corrected chi connectivity index (χ0v) is 18.6. The van der Waals surface area contributed by atoms with Gasteiger partial charge in [0.2, 0.25) is 0 Å². The topological polar surface area (TPSA) is 117 Å². The molecule has 9 nitrogen and oxygen atoms in total. The molecule has 3 aromatic rings. The van der Waals surface area contributed by atoms with Gasteiger partial charge in [0.1, 0.15) is 12.2 Å². The summed E-state index contributed by atoms with van der Waals surface area (Å²) in [7, 11) is 0. The molecule has 1 aliphatic heterocycles. The largest absolute Gasteiger partial charge is 0.379 e. The Hall–Kier alpha value is -3.58. The number of amides is 1. The molecule has 0 bridgehead atoms. The predicted octanol–water partition coefficient (Wildman–Crippen LogP) is 2.98. The van der Waals surface area contributed by atoms with Gasteiger partial charge in [-0.2, -0.15) is 10.4 Å². The number of hydrogen-bond acceptors (Lipinski definition) is 7. The van der Waals surface area contributed by atoms with Gasteiger partial charge in [-0.25, -0.2) is 13.9 Å². The number of halogens is 1. The third-order valence-electron chi connectivity index (χ3n) is 5.61. The SMILES string of the molecule is CC(C)C(F)CNC(=O)c1cnc(-c2cnn3cc(C#N)cnc23)cc1NC1CCCOC1. The first-order chi connectivity index (χ1) is 16.0. The normalized spacial score (nSPS) is 17.0. The Morgan fingerprint density at radius 1 is 1.36 bits per heavy atom. The lowest BCUT2D eigenvalue weighted by Crippen LogP contribution is -2.34. The number of pyridine rings is 1. The van der Waals surface area contributed by atoms with Gasteiger partial charge in [-0.3, -0.25) is 9.78 Å². The summed E-state index contributed by atoms with van der Waals surface area (Å²) < 4.78 is 21.1. The molecule has 1 saturated heterocycles. The molecule has 4 rings (SSSR count). The van der Waals surface area contributed by atoms with E-state index >= 15 is 0 Å². The molecule has 172 valence electrons. The van der Waals surface area contributed by atoms with Crippen LogP contribution < -0.4 is 10.6 Å². The van der Waals surface area contributed by atoms with E-state index in [1.807, 2.05) is 6.07 Å². The first-order valence-electron chi connectivity index (χ1n) is 11.0. The number of nitrogens with zero attached hydrogens (tertiary/aromatic N) is 5. The van der Waals surface area contributed by atoms with Crippen molar-refractivity contribution in [3.8, 4) is 17.3 Å². The fourth-order valence-electron chi connectivity index (χ4n) is 3.61. The van der Waals surface area contributed by atoms with Crippen molar-refractivity contribution >= 4 is 17.2 Å². The van der Waals surface area contributed by atoms with Crippen molar-refractivity contribution in [3.63, 3.8) is 0 Å². The van der Waals surface area contributed by atoms with E-state index < -0.39 is 12.1 Å². The summed E-state index contributed by atoms with van der Waals surface area (Å²) in [5, 5.41) is 19.4. The Labute approximate surface area is 191 Å². The van der Waals surface area contributed by atoms with Crippen LogP contribution in [0.15, 0.2) is 30.9 Å². The fourth-order valence-corrected chi connectivity index (χ4v) is 3.61. The Balaban J connectivity index is 1.66. The molecule has 2 atom stereocenters. The van der Waals surface area contributed by atoms with E-state index in [2.05, 4.69) is 25.7 Å². The zero-order chi connectivity index (χ0) is 23.4. The molecule has 33 heavy (non-hydrogen) atoms. The first-order valence-corrected chi connectivity index (χ1v) is 11.0. The molecule has 0 aliphatic carbocycles. The number of ether oxygens (including phenoxy) is 1. The molecular weight excluding hydrogens is 425 g/mol. The fraction of sp³-hybridized carbons (Fsp3) is 0.435. The van der Waals surface area contributed by atoms with Crippen LogP contribution in [0.2, 0.25) is 0 Å². The van der Waals surface area contributed by atoms with E-state index in [0.29, 0.717) is 40.3 Å². The van der Waals surface area contributed by atoms with Gasteiger partial charge in [-0.1, -0.05) is 13.8 Å². The number of nitrogens with one attached hydrogen (secondary N) is 2. The molecule has 1 amide bonds. The third kappa shape index (κ3) is 5.09. The van der Waals surface area contributed by atoms with Crippen LogP contribution in [0.25, 0.3) is 16.9 Å². The minimum absolute atomic E-state index is 0.0466. The van der Waals surface area contributed by atoms with Crippen molar-refractivity contribution < 1.29 is 13.9 Å². The summed E-state index contributed by atoms with van der Waals surface area (Å²) in [5.74, 6) is -0.583. The number of anilines is 1. The minimum Gasteiger partial charge on any atom is -0.379 e. The average Bonchev–Trinajstić information content (AvgIpc) is 3.26. The van der Waals surface area contributed by atoms with Crippen LogP contribution in [0, 0.1) is 17.2 Å². The van der Waals surface area contributed by atoms with Crippen molar-refractivity contribution in [3.05, 3.63) is 42.0 Å². The van der Waals surface area contributed by atoms with Crippen molar-refractivity contribution in [2.45, 2.75) is 38.9 Å². The standard InChI is InChI=1S/C23H26FN7O2/c1-14(2)19(24)11-28-23(32)18-9-26-20(6-21(18)30-16-4-3-5-33-13-16)17-10-29-31-12-15(7-25)8-27-22(17)31/h6,8-10,12,14,16,19H,3-5,11,13H2,1-2H3,(H,26,30)(H,28,32). The lowest BCUT2D eigenvalue weighted by atomic mass is 10.1. The highest BCUT2D eigenvalue weighted by Gasteiger charge is 2.21. The summed E-state index contributed by atoms with van der Waals surface area (Å²) in [5.41, 5.74) is 3.09. The molecule has 0 radical (unpaired) electrons. The monoisotopic (exact) mass is 451 g/mol. The number of hydrogen-bond donors (Lipinski definition) is 2. The van der Waals surface area contributed by atoms with Gasteiger partial charge in [0.15, 0.2) is 5.65 Å². The highest BCUT2D eigenvalue weighted by molar-refractivity contribution is 6.00. The molecule has 0 saturated carbocycles. The highest BCUT2D eigenvalue weighted by atomic mass is 19.1. The molecule has 3 aromatic heterocycles. The number of carbonyl (C=O) groups is 1. The molecule has 0 aromatic carbocycles. The maximum Gasteiger partial charge on any atom is 0.255 e. The van der Waals surface area contributed by atoms with Crippen LogP contribution in [-0.2, 0) is 4.74 Å². The number of carbonyl (C=O) groups excluding carboxylic acids is 1. The van der Waals surface area contributed by atoms with E-state index in [0.717, 1.165) is 19.4 Å². The Morgan fingerprint density at radius 3 is 2.94 bits per heavy atom. The number of nitriles is 1. The van der Waals surface area contributed by atoms with Gasteiger partial charge in [0.25, 0.3) is 5.91 Å². The quantitative estimate of drug-likeness (QED) is 0.567. The molecule has 2 N–H and O–H groups in total. The molecular formula is C23H26FN7O2. The summed E-state index contributed by atoms with van der Waals surface area (Å²) in [6.45, 7) is 4.73. The van der Waals surface area contributed by atoms with Gasteiger partial charge < -0.3 is 15.4 Å². The van der Waals surface area contributed by atoms with E-state index in [-0.39, 0.29) is 18.5 Å². The molecule has 1 aliphatic rings. The van der Waals surface area contributed by atoms with Crippen molar-refractivity contribution in [2.75, 3.05) is 25.1 Å². The second-order valence-electron chi connectivity index (χ2n) is 8.42. The minimum atomic E-state index is -1.13. The Morgan fingerprint density at radius 2 is 2.21 bits per heavy atom. The summed E-state index contributed by atoms with van der Waals surface area (Å²) in [6.07, 6.45) is 6.87. The summed E-state index contributed by atoms with van der Waals surface area (Å²) in [6, 6.07) is 3.86. The van der Waals surface area contributed by atoms with Gasteiger partial charge in [-0.05, 0) is 24.8 Å². The van der Waals surface area contributed by atoms with Crippen LogP contribution in [0.1, 0.15) is 42.6 Å². The number of aromatic nitrogens is 4. The van der Waals surface area contributed by atoms with Crippen molar-refractivity contribution in [1.82, 2.24) is 24.9 Å². The number of rotatable bonds is 7. The van der Waals surface area contributed by atoms with Crippen molar-refractivity contribution in [1.29, 1.82) is 5.26 Å². The molecule has 0 spiro atoms. The zero-order valence-electron chi connectivity index (χ0n) is 18.6. The van der Waals surface area contributed by atoms with Crippen LogP contribution in [-0.4, -0.2) is 57.5 Å². The molecule has 10 heteroatoms. The molecule has 1 fully saturated rings. The van der Waals surface area contributed by atoms with E-state index in [9.17, 15) is 9.18 Å². The smallest absolute Gasteiger partial charge is 0.255 e. The second kappa shape index (κ2) is 9.92. The maximum absolute atomic E-state index is 14.0. The highest BCUT2D eigenvalue weighted by Crippen LogP contribution is 2.27. The lowest BCUT2D eigenvalue weighted by Gasteiger charge is -2.25. The first kappa shape index (κ1) is 22.6. The second-order valence-corrected chi connectivity index (χ2v) is 8.42. The average molecular weight is 452 g/mol. The third-order valence-corrected chi connectivity index (χ3v) is 5.61. The summed E-state index contributed by atoms with van der Waals surface area (Å²) >= 11 is 0. The van der Waals surface area contributed by atoms with Gasteiger partial charge in [-0.15, -0.1) is 0 Å². The van der Waals surface area contributed by atoms with Gasteiger partial charge in [0, 0.05) is 31.6 Å². The maximum atomic E-state index is 14.0. The number of fused-ring (bicyclic) bond motifs is 1.